The molecule has 3 aromatic carbocycles. The van der Waals surface area contributed by atoms with Crippen molar-refractivity contribution in [2.24, 2.45) is 5.41 Å². The summed E-state index contributed by atoms with van der Waals surface area (Å²) < 4.78 is 53.2. The first-order valence-corrected chi connectivity index (χ1v) is 11.6. The van der Waals surface area contributed by atoms with E-state index in [1.165, 1.54) is 36.3 Å². The van der Waals surface area contributed by atoms with Crippen LogP contribution in [0.25, 0.3) is 11.1 Å². The molecule has 4 rings (SSSR count). The number of carbonyl (C=O) groups is 1. The Bertz CT molecular complexity index is 1260. The summed E-state index contributed by atoms with van der Waals surface area (Å²) in [6.45, 7) is -0.571. The third kappa shape index (κ3) is 5.73. The van der Waals surface area contributed by atoms with Gasteiger partial charge < -0.3 is 14.6 Å². The predicted octanol–water partition coefficient (Wildman–Crippen LogP) is 5.80. The number of nitrogens with zero attached hydrogens (tertiary/aromatic N) is 1. The fourth-order valence-corrected chi connectivity index (χ4v) is 4.60. The number of ether oxygens (including phenoxy) is 2. The van der Waals surface area contributed by atoms with E-state index >= 15 is 0 Å². The van der Waals surface area contributed by atoms with Crippen LogP contribution >= 0.6 is 0 Å². The number of carboxylic acid groups (broad SMARTS) is 1. The molecule has 3 aromatic rings. The number of terminal acetylenes is 1. The van der Waals surface area contributed by atoms with Gasteiger partial charge in [0.05, 0.1) is 7.11 Å². The van der Waals surface area contributed by atoms with Gasteiger partial charge in [0.15, 0.2) is 0 Å². The lowest BCUT2D eigenvalue weighted by Gasteiger charge is -2.32. The molecule has 1 N–H and O–H groups in total. The number of aliphatic carboxylic acids is 1. The molecule has 2 atom stereocenters. The molecule has 0 radical (unpaired) electrons. The minimum Gasteiger partial charge on any atom is -0.497 e. The monoisotopic (exact) mass is 509 g/mol. The zero-order valence-electron chi connectivity index (χ0n) is 20.2. The van der Waals surface area contributed by atoms with Crippen LogP contribution in [0.5, 0.6) is 11.5 Å². The molecule has 1 aliphatic heterocycles. The molecule has 192 valence electrons. The summed E-state index contributed by atoms with van der Waals surface area (Å²) in [5.41, 5.74) is 1.20. The molecule has 37 heavy (non-hydrogen) atoms. The fraction of sp³-hybridized carbons (Fsp3) is 0.276. The molecule has 1 saturated heterocycles. The standard InChI is InChI=1S/C29H26F3NO4/c1-3-20-4-6-21(7-5-20)22-8-14-25(15-9-22)37-19-28(27(34)35)16-17-33(18-28)26(29(30,31)32)23-10-12-24(36-2)13-11-23/h1,4-15,26H,16-19H2,2H3,(H,34,35). The first kappa shape index (κ1) is 26.1. The van der Waals surface area contributed by atoms with E-state index in [-0.39, 0.29) is 31.7 Å². The molecule has 0 saturated carbocycles. The number of benzene rings is 3. The first-order chi connectivity index (χ1) is 17.6. The molecular weight excluding hydrogens is 483 g/mol. The smallest absolute Gasteiger partial charge is 0.408 e. The van der Waals surface area contributed by atoms with Gasteiger partial charge in [-0.15, -0.1) is 6.42 Å². The average molecular weight is 510 g/mol. The second-order valence-electron chi connectivity index (χ2n) is 9.06. The molecule has 1 aliphatic rings. The maximum Gasteiger partial charge on any atom is 0.408 e. The highest BCUT2D eigenvalue weighted by atomic mass is 19.4. The van der Waals surface area contributed by atoms with Crippen LogP contribution in [0, 0.1) is 17.8 Å². The van der Waals surface area contributed by atoms with Crippen LogP contribution < -0.4 is 9.47 Å². The Morgan fingerprint density at radius 2 is 1.59 bits per heavy atom. The number of rotatable bonds is 8. The summed E-state index contributed by atoms with van der Waals surface area (Å²) in [4.78, 5) is 13.4. The van der Waals surface area contributed by atoms with Crippen molar-refractivity contribution in [3.8, 4) is 35.0 Å². The predicted molar refractivity (Wildman–Crippen MR) is 133 cm³/mol. The Labute approximate surface area is 213 Å². The highest BCUT2D eigenvalue weighted by Gasteiger charge is 2.53. The number of hydrogen-bond acceptors (Lipinski definition) is 4. The van der Waals surface area contributed by atoms with Gasteiger partial charge in [0.1, 0.15) is 29.6 Å². The average Bonchev–Trinajstić information content (AvgIpc) is 3.32. The Hall–Kier alpha value is -3.96. The van der Waals surface area contributed by atoms with Crippen LogP contribution in [-0.2, 0) is 4.79 Å². The van der Waals surface area contributed by atoms with E-state index in [0.29, 0.717) is 11.5 Å². The van der Waals surface area contributed by atoms with Gasteiger partial charge in [-0.25, -0.2) is 0 Å². The van der Waals surface area contributed by atoms with Crippen molar-refractivity contribution in [1.82, 2.24) is 4.90 Å². The lowest BCUT2D eigenvalue weighted by atomic mass is 9.88. The lowest BCUT2D eigenvalue weighted by Crippen LogP contribution is -2.43. The van der Waals surface area contributed by atoms with E-state index in [9.17, 15) is 23.1 Å². The van der Waals surface area contributed by atoms with Gasteiger partial charge >= 0.3 is 12.1 Å². The topological polar surface area (TPSA) is 59.0 Å². The van der Waals surface area contributed by atoms with Crippen molar-refractivity contribution < 1.29 is 32.5 Å². The first-order valence-electron chi connectivity index (χ1n) is 11.6. The second-order valence-corrected chi connectivity index (χ2v) is 9.06. The van der Waals surface area contributed by atoms with E-state index in [1.807, 2.05) is 36.4 Å². The third-order valence-electron chi connectivity index (χ3n) is 6.70. The summed E-state index contributed by atoms with van der Waals surface area (Å²) in [7, 11) is 1.43. The second kappa shape index (κ2) is 10.6. The lowest BCUT2D eigenvalue weighted by molar-refractivity contribution is -0.186. The van der Waals surface area contributed by atoms with Crippen molar-refractivity contribution >= 4 is 5.97 Å². The van der Waals surface area contributed by atoms with Gasteiger partial charge in [0.2, 0.25) is 0 Å². The van der Waals surface area contributed by atoms with Crippen molar-refractivity contribution in [3.63, 3.8) is 0 Å². The highest BCUT2D eigenvalue weighted by Crippen LogP contribution is 2.44. The number of hydrogen-bond donors (Lipinski definition) is 1. The van der Waals surface area contributed by atoms with Crippen molar-refractivity contribution in [2.45, 2.75) is 18.6 Å². The Kier molecular flexibility index (Phi) is 7.46. The summed E-state index contributed by atoms with van der Waals surface area (Å²) in [6, 6.07) is 18.3. The molecule has 0 aromatic heterocycles. The van der Waals surface area contributed by atoms with Crippen LogP contribution in [0.4, 0.5) is 13.2 Å². The Morgan fingerprint density at radius 1 is 1.03 bits per heavy atom. The zero-order chi connectivity index (χ0) is 26.6. The Morgan fingerprint density at radius 3 is 2.11 bits per heavy atom. The third-order valence-corrected chi connectivity index (χ3v) is 6.70. The zero-order valence-corrected chi connectivity index (χ0v) is 20.2. The van der Waals surface area contributed by atoms with Crippen LogP contribution in [0.1, 0.15) is 23.6 Å². The molecule has 0 spiro atoms. The van der Waals surface area contributed by atoms with Crippen LogP contribution in [0.15, 0.2) is 72.8 Å². The molecule has 0 aliphatic carbocycles. The van der Waals surface area contributed by atoms with Crippen molar-refractivity contribution in [3.05, 3.63) is 83.9 Å². The van der Waals surface area contributed by atoms with Gasteiger partial charge in [-0.1, -0.05) is 42.3 Å². The number of methoxy groups -OCH3 is 1. The van der Waals surface area contributed by atoms with Gasteiger partial charge in [-0.05, 0) is 59.5 Å². The van der Waals surface area contributed by atoms with Crippen LogP contribution in [0.3, 0.4) is 0 Å². The number of likely N-dealkylation sites (tertiary alicyclic amines) is 1. The normalized spacial score (nSPS) is 18.7. The van der Waals surface area contributed by atoms with Gasteiger partial charge in [-0.3, -0.25) is 9.69 Å². The van der Waals surface area contributed by atoms with Crippen LogP contribution in [0.2, 0.25) is 0 Å². The molecule has 1 heterocycles. The summed E-state index contributed by atoms with van der Waals surface area (Å²) in [5, 5.41) is 10.0. The quantitative estimate of drug-likeness (QED) is 0.389. The van der Waals surface area contributed by atoms with Gasteiger partial charge in [0, 0.05) is 18.7 Å². The van der Waals surface area contributed by atoms with E-state index < -0.39 is 23.6 Å². The van der Waals surface area contributed by atoms with E-state index in [0.717, 1.165) is 16.7 Å². The maximum atomic E-state index is 14.1. The summed E-state index contributed by atoms with van der Waals surface area (Å²) in [5.74, 6) is 2.26. The van der Waals surface area contributed by atoms with Crippen molar-refractivity contribution in [2.75, 3.05) is 26.8 Å². The van der Waals surface area contributed by atoms with E-state index in [2.05, 4.69) is 5.92 Å². The molecule has 0 bridgehead atoms. The maximum absolute atomic E-state index is 14.1. The summed E-state index contributed by atoms with van der Waals surface area (Å²) in [6.07, 6.45) is 0.838. The number of halogens is 3. The Balaban J connectivity index is 1.48. The van der Waals surface area contributed by atoms with Gasteiger partial charge in [0.25, 0.3) is 0 Å². The molecule has 0 amide bonds. The van der Waals surface area contributed by atoms with Gasteiger partial charge in [-0.2, -0.15) is 13.2 Å². The van der Waals surface area contributed by atoms with Crippen molar-refractivity contribution in [1.29, 1.82) is 0 Å². The van der Waals surface area contributed by atoms with E-state index in [1.54, 1.807) is 12.1 Å². The fourth-order valence-electron chi connectivity index (χ4n) is 4.60. The number of carboxylic acids is 1. The SMILES string of the molecule is C#Cc1ccc(-c2ccc(OCC3(C(=O)O)CCN(C(c4ccc(OC)cc4)C(F)(F)F)C3)cc2)cc1. The molecule has 8 heteroatoms. The number of alkyl halides is 3. The molecule has 5 nitrogen and oxygen atoms in total. The van der Waals surface area contributed by atoms with Crippen LogP contribution in [-0.4, -0.2) is 49.0 Å². The molecule has 1 fully saturated rings. The summed E-state index contributed by atoms with van der Waals surface area (Å²) >= 11 is 0. The minimum absolute atomic E-state index is 0.0290. The largest absolute Gasteiger partial charge is 0.497 e. The van der Waals surface area contributed by atoms with E-state index in [4.69, 9.17) is 15.9 Å². The molecule has 2 unspecified atom stereocenters. The minimum atomic E-state index is -4.59. The highest BCUT2D eigenvalue weighted by molar-refractivity contribution is 5.75. The molecular formula is C29H26F3NO4.